The lowest BCUT2D eigenvalue weighted by molar-refractivity contribution is -0.125. The topological polar surface area (TPSA) is 54.0 Å². The second-order valence-corrected chi connectivity index (χ2v) is 3.98. The molecule has 2 atom stereocenters. The second kappa shape index (κ2) is 6.23. The normalized spacial score (nSPS) is 14.2. The SMILES string of the molecule is CNCC(C)C(=O)N[C@@H](C)c1cccnc1. The number of hydrogen-bond acceptors (Lipinski definition) is 3. The van der Waals surface area contributed by atoms with Gasteiger partial charge < -0.3 is 10.6 Å². The fourth-order valence-corrected chi connectivity index (χ4v) is 1.47. The van der Waals surface area contributed by atoms with Crippen LogP contribution in [0.5, 0.6) is 0 Å². The molecule has 0 spiro atoms. The molecule has 1 unspecified atom stereocenters. The van der Waals surface area contributed by atoms with E-state index in [1.165, 1.54) is 0 Å². The number of nitrogens with zero attached hydrogens (tertiary/aromatic N) is 1. The van der Waals surface area contributed by atoms with E-state index >= 15 is 0 Å². The first-order chi connectivity index (χ1) is 7.65. The third-order valence-electron chi connectivity index (χ3n) is 2.50. The van der Waals surface area contributed by atoms with Gasteiger partial charge >= 0.3 is 0 Å². The van der Waals surface area contributed by atoms with E-state index in [0.717, 1.165) is 5.56 Å². The first-order valence-electron chi connectivity index (χ1n) is 5.50. The zero-order valence-electron chi connectivity index (χ0n) is 10.0. The lowest BCUT2D eigenvalue weighted by atomic mass is 10.1. The molecule has 0 aromatic carbocycles. The maximum Gasteiger partial charge on any atom is 0.224 e. The summed E-state index contributed by atoms with van der Waals surface area (Å²) in [4.78, 5) is 15.8. The highest BCUT2D eigenvalue weighted by atomic mass is 16.1. The molecule has 1 rings (SSSR count). The fraction of sp³-hybridized carbons (Fsp3) is 0.500. The van der Waals surface area contributed by atoms with Crippen LogP contribution in [0.25, 0.3) is 0 Å². The van der Waals surface area contributed by atoms with Crippen molar-refractivity contribution >= 4 is 5.91 Å². The first-order valence-corrected chi connectivity index (χ1v) is 5.50. The van der Waals surface area contributed by atoms with Crippen molar-refractivity contribution in [2.45, 2.75) is 19.9 Å². The molecule has 1 aromatic heterocycles. The monoisotopic (exact) mass is 221 g/mol. The van der Waals surface area contributed by atoms with Crippen molar-refractivity contribution in [3.05, 3.63) is 30.1 Å². The number of carbonyl (C=O) groups is 1. The number of carbonyl (C=O) groups excluding carboxylic acids is 1. The van der Waals surface area contributed by atoms with Crippen LogP contribution in [0.1, 0.15) is 25.5 Å². The van der Waals surface area contributed by atoms with Gasteiger partial charge in [0.1, 0.15) is 0 Å². The van der Waals surface area contributed by atoms with Crippen molar-refractivity contribution in [2.24, 2.45) is 5.92 Å². The van der Waals surface area contributed by atoms with Gasteiger partial charge in [0.05, 0.1) is 6.04 Å². The Kier molecular flexibility index (Phi) is 4.92. The maximum atomic E-state index is 11.7. The minimum Gasteiger partial charge on any atom is -0.349 e. The second-order valence-electron chi connectivity index (χ2n) is 3.98. The van der Waals surface area contributed by atoms with Gasteiger partial charge in [0.15, 0.2) is 0 Å². The summed E-state index contributed by atoms with van der Waals surface area (Å²) in [6.45, 7) is 4.55. The summed E-state index contributed by atoms with van der Waals surface area (Å²) in [5.41, 5.74) is 1.02. The molecule has 0 aliphatic rings. The van der Waals surface area contributed by atoms with Crippen molar-refractivity contribution in [1.82, 2.24) is 15.6 Å². The zero-order valence-corrected chi connectivity index (χ0v) is 10.0. The zero-order chi connectivity index (χ0) is 12.0. The van der Waals surface area contributed by atoms with Crippen LogP contribution in [0.15, 0.2) is 24.5 Å². The van der Waals surface area contributed by atoms with Crippen molar-refractivity contribution in [3.8, 4) is 0 Å². The van der Waals surface area contributed by atoms with Crippen LogP contribution >= 0.6 is 0 Å². The van der Waals surface area contributed by atoms with E-state index < -0.39 is 0 Å². The summed E-state index contributed by atoms with van der Waals surface area (Å²) in [6, 6.07) is 3.83. The fourth-order valence-electron chi connectivity index (χ4n) is 1.47. The minimum atomic E-state index is -0.0240. The molecule has 0 bridgehead atoms. The Bertz CT molecular complexity index is 326. The van der Waals surface area contributed by atoms with Crippen molar-refractivity contribution < 1.29 is 4.79 Å². The Morgan fingerprint density at radius 2 is 2.25 bits per heavy atom. The largest absolute Gasteiger partial charge is 0.349 e. The molecule has 0 fully saturated rings. The summed E-state index contributed by atoms with van der Waals surface area (Å²) in [5, 5.41) is 5.95. The van der Waals surface area contributed by atoms with Crippen LogP contribution in [-0.2, 0) is 4.79 Å². The average Bonchev–Trinajstić information content (AvgIpc) is 2.30. The number of nitrogens with one attached hydrogen (secondary N) is 2. The summed E-state index contributed by atoms with van der Waals surface area (Å²) >= 11 is 0. The first kappa shape index (κ1) is 12.6. The molecule has 88 valence electrons. The van der Waals surface area contributed by atoms with Crippen LogP contribution in [0.3, 0.4) is 0 Å². The molecule has 1 aromatic rings. The smallest absolute Gasteiger partial charge is 0.224 e. The third-order valence-corrected chi connectivity index (χ3v) is 2.50. The van der Waals surface area contributed by atoms with Gasteiger partial charge in [0.25, 0.3) is 0 Å². The number of rotatable bonds is 5. The summed E-state index contributed by atoms with van der Waals surface area (Å²) in [7, 11) is 1.84. The van der Waals surface area contributed by atoms with E-state index in [1.54, 1.807) is 12.4 Å². The van der Waals surface area contributed by atoms with Crippen molar-refractivity contribution in [1.29, 1.82) is 0 Å². The van der Waals surface area contributed by atoms with Gasteiger partial charge in [-0.2, -0.15) is 0 Å². The highest BCUT2D eigenvalue weighted by Gasteiger charge is 2.15. The van der Waals surface area contributed by atoms with Gasteiger partial charge in [-0.3, -0.25) is 9.78 Å². The van der Waals surface area contributed by atoms with Gasteiger partial charge in [-0.05, 0) is 25.6 Å². The van der Waals surface area contributed by atoms with Crippen LogP contribution < -0.4 is 10.6 Å². The molecular formula is C12H19N3O. The molecule has 4 heteroatoms. The average molecular weight is 221 g/mol. The van der Waals surface area contributed by atoms with Crippen molar-refractivity contribution in [3.63, 3.8) is 0 Å². The maximum absolute atomic E-state index is 11.7. The Balaban J connectivity index is 2.51. The van der Waals surface area contributed by atoms with Crippen LogP contribution in [0.4, 0.5) is 0 Å². The Morgan fingerprint density at radius 3 is 2.81 bits per heavy atom. The molecule has 0 aliphatic heterocycles. The van der Waals surface area contributed by atoms with Crippen LogP contribution in [-0.4, -0.2) is 24.5 Å². The molecule has 0 aliphatic carbocycles. The minimum absolute atomic E-state index is 0.000469. The summed E-state index contributed by atoms with van der Waals surface area (Å²) in [5.74, 6) is 0.0369. The summed E-state index contributed by atoms with van der Waals surface area (Å²) in [6.07, 6.45) is 3.50. The van der Waals surface area contributed by atoms with Gasteiger partial charge in [0.2, 0.25) is 5.91 Å². The molecule has 0 saturated heterocycles. The van der Waals surface area contributed by atoms with E-state index in [-0.39, 0.29) is 17.9 Å². The Labute approximate surface area is 96.5 Å². The van der Waals surface area contributed by atoms with Crippen molar-refractivity contribution in [2.75, 3.05) is 13.6 Å². The number of aromatic nitrogens is 1. The third kappa shape index (κ3) is 3.62. The van der Waals surface area contributed by atoms with Gasteiger partial charge in [0, 0.05) is 24.9 Å². The summed E-state index contributed by atoms with van der Waals surface area (Å²) < 4.78 is 0. The van der Waals surface area contributed by atoms with E-state index in [0.29, 0.717) is 6.54 Å². The van der Waals surface area contributed by atoms with E-state index in [9.17, 15) is 4.79 Å². The molecule has 4 nitrogen and oxygen atoms in total. The van der Waals surface area contributed by atoms with E-state index in [2.05, 4.69) is 15.6 Å². The van der Waals surface area contributed by atoms with E-state index in [4.69, 9.17) is 0 Å². The number of pyridine rings is 1. The quantitative estimate of drug-likeness (QED) is 0.783. The molecule has 0 radical (unpaired) electrons. The van der Waals surface area contributed by atoms with Gasteiger partial charge in [-0.15, -0.1) is 0 Å². The number of hydrogen-bond donors (Lipinski definition) is 2. The molecule has 0 saturated carbocycles. The molecule has 1 heterocycles. The lowest BCUT2D eigenvalue weighted by Crippen LogP contribution is -2.35. The molecule has 16 heavy (non-hydrogen) atoms. The number of amides is 1. The Hall–Kier alpha value is -1.42. The van der Waals surface area contributed by atoms with Crippen LogP contribution in [0.2, 0.25) is 0 Å². The van der Waals surface area contributed by atoms with Crippen LogP contribution in [0, 0.1) is 5.92 Å². The predicted octanol–water partition coefficient (Wildman–Crippen LogP) is 1.11. The lowest BCUT2D eigenvalue weighted by Gasteiger charge is -2.17. The predicted molar refractivity (Wildman–Crippen MR) is 63.9 cm³/mol. The van der Waals surface area contributed by atoms with Gasteiger partial charge in [-0.1, -0.05) is 13.0 Å². The molecular weight excluding hydrogens is 202 g/mol. The van der Waals surface area contributed by atoms with Gasteiger partial charge in [-0.25, -0.2) is 0 Å². The highest BCUT2D eigenvalue weighted by molar-refractivity contribution is 5.78. The highest BCUT2D eigenvalue weighted by Crippen LogP contribution is 2.10. The standard InChI is InChI=1S/C12H19N3O/c1-9(7-13-3)12(16)15-10(2)11-5-4-6-14-8-11/h4-6,8-10,13H,7H2,1-3H3,(H,15,16)/t9?,10-/m0/s1. The Morgan fingerprint density at radius 1 is 1.50 bits per heavy atom. The van der Waals surface area contributed by atoms with E-state index in [1.807, 2.05) is 33.0 Å². The molecule has 1 amide bonds. The molecule has 2 N–H and O–H groups in total.